The lowest BCUT2D eigenvalue weighted by molar-refractivity contribution is 0.0599. The summed E-state index contributed by atoms with van der Waals surface area (Å²) in [5.74, 6) is -2.54. The lowest BCUT2D eigenvalue weighted by atomic mass is 10.1. The van der Waals surface area contributed by atoms with Crippen molar-refractivity contribution in [1.82, 2.24) is 0 Å². The number of hydrogen-bond acceptors (Lipinski definition) is 4. The minimum Gasteiger partial charge on any atom is -0.465 e. The zero-order chi connectivity index (χ0) is 16.7. The number of nitrogens with zero attached hydrogens (tertiary/aromatic N) is 1. The van der Waals surface area contributed by atoms with Crippen molar-refractivity contribution in [2.45, 2.75) is 6.92 Å². The fourth-order valence-corrected chi connectivity index (χ4v) is 2.54. The molecule has 2 aromatic carbocycles. The van der Waals surface area contributed by atoms with Crippen LogP contribution in [0.1, 0.15) is 36.6 Å². The van der Waals surface area contributed by atoms with Crippen LogP contribution < -0.4 is 4.90 Å². The van der Waals surface area contributed by atoms with E-state index in [2.05, 4.69) is 4.74 Å². The molecule has 1 aliphatic rings. The largest absolute Gasteiger partial charge is 0.465 e. The molecule has 116 valence electrons. The van der Waals surface area contributed by atoms with E-state index in [1.54, 1.807) is 12.1 Å². The number of benzene rings is 2. The fourth-order valence-electron chi connectivity index (χ4n) is 2.54. The Labute approximate surface area is 131 Å². The summed E-state index contributed by atoms with van der Waals surface area (Å²) >= 11 is 0. The number of imide groups is 1. The number of ether oxygens (including phenoxy) is 1. The van der Waals surface area contributed by atoms with E-state index < -0.39 is 23.6 Å². The maximum atomic E-state index is 14.1. The zero-order valence-corrected chi connectivity index (χ0v) is 12.4. The molecule has 6 heteroatoms. The van der Waals surface area contributed by atoms with Crippen molar-refractivity contribution in [2.75, 3.05) is 12.0 Å². The Bertz CT molecular complexity index is 825. The first kappa shape index (κ1) is 14.9. The van der Waals surface area contributed by atoms with Crippen molar-refractivity contribution in [1.29, 1.82) is 0 Å². The topological polar surface area (TPSA) is 63.7 Å². The summed E-state index contributed by atoms with van der Waals surface area (Å²) in [7, 11) is 1.17. The molecule has 2 aromatic rings. The van der Waals surface area contributed by atoms with E-state index in [4.69, 9.17) is 0 Å². The molecule has 0 saturated heterocycles. The van der Waals surface area contributed by atoms with Gasteiger partial charge in [-0.05, 0) is 31.2 Å². The van der Waals surface area contributed by atoms with Gasteiger partial charge >= 0.3 is 5.97 Å². The molecular weight excluding hydrogens is 301 g/mol. The second-order valence-electron chi connectivity index (χ2n) is 5.09. The van der Waals surface area contributed by atoms with Crippen LogP contribution in [0.3, 0.4) is 0 Å². The molecule has 0 N–H and O–H groups in total. The standard InChI is InChI=1S/C17H12FNO4/c1-9-13(18)7-10(17(22)23-2)8-14(9)19-15(20)11-5-3-4-6-12(11)16(19)21/h3-8H,1-2H3. The van der Waals surface area contributed by atoms with E-state index in [1.807, 2.05) is 0 Å². The fraction of sp³-hybridized carbons (Fsp3) is 0.118. The molecule has 0 spiro atoms. The van der Waals surface area contributed by atoms with Crippen molar-refractivity contribution < 1.29 is 23.5 Å². The highest BCUT2D eigenvalue weighted by Crippen LogP contribution is 2.32. The quantitative estimate of drug-likeness (QED) is 0.632. The average Bonchev–Trinajstić information content (AvgIpc) is 2.81. The molecule has 0 radical (unpaired) electrons. The van der Waals surface area contributed by atoms with E-state index in [1.165, 1.54) is 32.2 Å². The molecule has 1 heterocycles. The van der Waals surface area contributed by atoms with Gasteiger partial charge in [0.2, 0.25) is 0 Å². The Morgan fingerprint density at radius 2 is 1.65 bits per heavy atom. The monoisotopic (exact) mass is 313 g/mol. The minimum absolute atomic E-state index is 0.0385. The van der Waals surface area contributed by atoms with E-state index in [0.29, 0.717) is 0 Å². The van der Waals surface area contributed by atoms with Crippen LogP contribution >= 0.6 is 0 Å². The van der Waals surface area contributed by atoms with Gasteiger partial charge in [-0.3, -0.25) is 9.59 Å². The predicted octanol–water partition coefficient (Wildman–Crippen LogP) is 2.72. The van der Waals surface area contributed by atoms with Crippen molar-refractivity contribution in [3.8, 4) is 0 Å². The van der Waals surface area contributed by atoms with Crippen LogP contribution in [-0.2, 0) is 4.74 Å². The molecule has 0 fully saturated rings. The molecule has 0 aliphatic carbocycles. The molecule has 5 nitrogen and oxygen atoms in total. The van der Waals surface area contributed by atoms with Gasteiger partial charge in [-0.25, -0.2) is 14.1 Å². The van der Waals surface area contributed by atoms with Crippen LogP contribution in [0.25, 0.3) is 0 Å². The number of hydrogen-bond donors (Lipinski definition) is 0. The normalized spacial score (nSPS) is 13.3. The Morgan fingerprint density at radius 1 is 1.09 bits per heavy atom. The SMILES string of the molecule is COC(=O)c1cc(F)c(C)c(N2C(=O)c3ccccc3C2=O)c1. The molecule has 23 heavy (non-hydrogen) atoms. The number of rotatable bonds is 2. The van der Waals surface area contributed by atoms with E-state index in [9.17, 15) is 18.8 Å². The highest BCUT2D eigenvalue weighted by Gasteiger charge is 2.37. The summed E-state index contributed by atoms with van der Waals surface area (Å²) < 4.78 is 18.7. The Morgan fingerprint density at radius 3 is 2.17 bits per heavy atom. The van der Waals surface area contributed by atoms with E-state index in [0.717, 1.165) is 11.0 Å². The third-order valence-corrected chi connectivity index (χ3v) is 3.77. The van der Waals surface area contributed by atoms with Crippen LogP contribution in [-0.4, -0.2) is 24.9 Å². The summed E-state index contributed by atoms with van der Waals surface area (Å²) in [6.45, 7) is 1.44. The number of amides is 2. The van der Waals surface area contributed by atoms with E-state index >= 15 is 0 Å². The summed E-state index contributed by atoms with van der Waals surface area (Å²) in [6.07, 6.45) is 0. The first-order valence-electron chi connectivity index (χ1n) is 6.82. The van der Waals surface area contributed by atoms with Gasteiger partial charge in [-0.1, -0.05) is 12.1 Å². The molecular formula is C17H12FNO4. The summed E-state index contributed by atoms with van der Waals surface area (Å²) in [6, 6.07) is 8.66. The van der Waals surface area contributed by atoms with Gasteiger partial charge in [-0.2, -0.15) is 0 Å². The molecule has 2 amide bonds. The molecule has 3 rings (SSSR count). The highest BCUT2D eigenvalue weighted by molar-refractivity contribution is 6.34. The number of methoxy groups -OCH3 is 1. The van der Waals surface area contributed by atoms with Crippen LogP contribution in [0.4, 0.5) is 10.1 Å². The number of anilines is 1. The van der Waals surface area contributed by atoms with Gasteiger partial charge in [0.05, 0.1) is 29.5 Å². The minimum atomic E-state index is -0.748. The zero-order valence-electron chi connectivity index (χ0n) is 12.4. The van der Waals surface area contributed by atoms with Gasteiger partial charge in [0.15, 0.2) is 0 Å². The molecule has 0 unspecified atom stereocenters. The maximum Gasteiger partial charge on any atom is 0.338 e. The van der Waals surface area contributed by atoms with Crippen LogP contribution in [0.15, 0.2) is 36.4 Å². The van der Waals surface area contributed by atoms with Gasteiger partial charge in [0.1, 0.15) is 5.82 Å². The third-order valence-electron chi connectivity index (χ3n) is 3.77. The second kappa shape index (κ2) is 5.31. The summed E-state index contributed by atoms with van der Waals surface area (Å²) in [4.78, 5) is 37.5. The Kier molecular flexibility index (Phi) is 3.44. The lowest BCUT2D eigenvalue weighted by Gasteiger charge is -2.18. The Balaban J connectivity index is 2.17. The first-order valence-corrected chi connectivity index (χ1v) is 6.82. The van der Waals surface area contributed by atoms with Crippen molar-refractivity contribution in [2.24, 2.45) is 0 Å². The van der Waals surface area contributed by atoms with Crippen molar-refractivity contribution >= 4 is 23.5 Å². The van der Waals surface area contributed by atoms with Crippen LogP contribution in [0.2, 0.25) is 0 Å². The van der Waals surface area contributed by atoms with Crippen LogP contribution in [0.5, 0.6) is 0 Å². The summed E-state index contributed by atoms with van der Waals surface area (Å²) in [5, 5.41) is 0. The van der Waals surface area contributed by atoms with Crippen LogP contribution in [0, 0.1) is 12.7 Å². The second-order valence-corrected chi connectivity index (χ2v) is 5.09. The van der Waals surface area contributed by atoms with Crippen molar-refractivity contribution in [3.05, 3.63) is 64.5 Å². The van der Waals surface area contributed by atoms with Gasteiger partial charge < -0.3 is 4.74 Å². The number of esters is 1. The van der Waals surface area contributed by atoms with Crippen molar-refractivity contribution in [3.63, 3.8) is 0 Å². The smallest absolute Gasteiger partial charge is 0.338 e. The number of carbonyl (C=O) groups is 3. The number of carbonyl (C=O) groups excluding carboxylic acids is 3. The Hall–Kier alpha value is -3.02. The third kappa shape index (κ3) is 2.19. The van der Waals surface area contributed by atoms with Gasteiger partial charge in [-0.15, -0.1) is 0 Å². The predicted molar refractivity (Wildman–Crippen MR) is 80.1 cm³/mol. The molecule has 0 saturated carbocycles. The molecule has 0 aromatic heterocycles. The average molecular weight is 313 g/mol. The molecule has 0 atom stereocenters. The number of halogens is 1. The number of fused-ring (bicyclic) bond motifs is 1. The summed E-state index contributed by atoms with van der Waals surface area (Å²) in [5.41, 5.74) is 0.576. The van der Waals surface area contributed by atoms with Gasteiger partial charge in [0.25, 0.3) is 11.8 Å². The molecule has 1 aliphatic heterocycles. The highest BCUT2D eigenvalue weighted by atomic mass is 19.1. The van der Waals surface area contributed by atoms with E-state index in [-0.39, 0.29) is 27.9 Å². The van der Waals surface area contributed by atoms with Gasteiger partial charge in [0, 0.05) is 5.56 Å². The maximum absolute atomic E-state index is 14.1. The lowest BCUT2D eigenvalue weighted by Crippen LogP contribution is -2.30. The molecule has 0 bridgehead atoms. The first-order chi connectivity index (χ1) is 11.0.